The Bertz CT molecular complexity index is 568. The van der Waals surface area contributed by atoms with E-state index >= 15 is 0 Å². The Kier molecular flexibility index (Phi) is 3.57. The molecule has 0 aliphatic rings. The van der Waals surface area contributed by atoms with Gasteiger partial charge in [0, 0.05) is 30.6 Å². The van der Waals surface area contributed by atoms with Crippen molar-refractivity contribution in [1.29, 1.82) is 0 Å². The van der Waals surface area contributed by atoms with Crippen molar-refractivity contribution >= 4 is 12.0 Å². The molecule has 18 heavy (non-hydrogen) atoms. The highest BCUT2D eigenvalue weighted by Crippen LogP contribution is 2.13. The first kappa shape index (κ1) is 12.1. The summed E-state index contributed by atoms with van der Waals surface area (Å²) in [6.45, 7) is 2.06. The maximum Gasteiger partial charge on any atom is 0.328 e. The van der Waals surface area contributed by atoms with E-state index in [9.17, 15) is 4.79 Å². The minimum Gasteiger partial charge on any atom is -0.478 e. The largest absolute Gasteiger partial charge is 0.478 e. The van der Waals surface area contributed by atoms with Crippen molar-refractivity contribution in [2.45, 2.75) is 13.3 Å². The van der Waals surface area contributed by atoms with Crippen LogP contribution in [-0.4, -0.2) is 20.6 Å². The molecule has 0 radical (unpaired) electrons. The molecule has 0 aliphatic carbocycles. The lowest BCUT2D eigenvalue weighted by molar-refractivity contribution is -0.131. The molecular formula is C14H14N2O2. The number of hydrogen-bond acceptors (Lipinski definition) is 2. The number of carboxylic acid groups (broad SMARTS) is 1. The normalized spacial score (nSPS) is 10.9. The van der Waals surface area contributed by atoms with E-state index in [0.717, 1.165) is 29.6 Å². The fourth-order valence-electron chi connectivity index (χ4n) is 1.74. The molecule has 0 fully saturated rings. The molecule has 2 aromatic rings. The van der Waals surface area contributed by atoms with Crippen molar-refractivity contribution in [2.75, 3.05) is 0 Å². The van der Waals surface area contributed by atoms with Gasteiger partial charge in [0.1, 0.15) is 5.82 Å². The number of aromatic nitrogens is 2. The number of aliphatic carboxylic acids is 1. The predicted octanol–water partition coefficient (Wildman–Crippen LogP) is 2.53. The minimum atomic E-state index is -0.943. The summed E-state index contributed by atoms with van der Waals surface area (Å²) in [4.78, 5) is 14.7. The second-order valence-electron chi connectivity index (χ2n) is 3.83. The van der Waals surface area contributed by atoms with Crippen LogP contribution < -0.4 is 0 Å². The highest BCUT2D eigenvalue weighted by molar-refractivity contribution is 5.85. The van der Waals surface area contributed by atoms with E-state index < -0.39 is 5.97 Å². The average molecular weight is 242 g/mol. The van der Waals surface area contributed by atoms with Crippen LogP contribution in [0.1, 0.15) is 18.3 Å². The van der Waals surface area contributed by atoms with Crippen molar-refractivity contribution in [3.8, 4) is 5.69 Å². The van der Waals surface area contributed by atoms with Gasteiger partial charge in [-0.15, -0.1) is 0 Å². The van der Waals surface area contributed by atoms with Crippen LogP contribution >= 0.6 is 0 Å². The first-order valence-electron chi connectivity index (χ1n) is 5.74. The lowest BCUT2D eigenvalue weighted by Gasteiger charge is -2.06. The molecule has 1 aromatic heterocycles. The lowest BCUT2D eigenvalue weighted by Crippen LogP contribution is -1.98. The third-order valence-corrected chi connectivity index (χ3v) is 2.62. The molecule has 4 heteroatoms. The molecule has 4 nitrogen and oxygen atoms in total. The van der Waals surface area contributed by atoms with Gasteiger partial charge in [-0.05, 0) is 23.8 Å². The van der Waals surface area contributed by atoms with E-state index in [1.807, 2.05) is 35.0 Å². The molecule has 0 spiro atoms. The third-order valence-electron chi connectivity index (χ3n) is 2.62. The second kappa shape index (κ2) is 5.31. The Hall–Kier alpha value is -2.36. The average Bonchev–Trinajstić information content (AvgIpc) is 2.85. The fraction of sp³-hybridized carbons (Fsp3) is 0.143. The highest BCUT2D eigenvalue weighted by Gasteiger charge is 2.02. The number of hydrogen-bond donors (Lipinski definition) is 1. The molecule has 1 heterocycles. The Morgan fingerprint density at radius 1 is 1.39 bits per heavy atom. The Balaban J connectivity index is 2.25. The first-order chi connectivity index (χ1) is 8.70. The number of rotatable bonds is 4. The number of carbonyl (C=O) groups is 1. The smallest absolute Gasteiger partial charge is 0.328 e. The summed E-state index contributed by atoms with van der Waals surface area (Å²) in [6, 6.07) is 7.66. The van der Waals surface area contributed by atoms with Crippen LogP contribution in [0.5, 0.6) is 0 Å². The number of carboxylic acids is 1. The summed E-state index contributed by atoms with van der Waals surface area (Å²) in [5, 5.41) is 8.55. The standard InChI is InChI=1S/C14H14N2O2/c1-2-13-15-9-10-16(13)12-6-3-11(4-7-12)5-8-14(17)18/h3-10H,2H2,1H3,(H,17,18). The van der Waals surface area contributed by atoms with E-state index in [4.69, 9.17) is 5.11 Å². The van der Waals surface area contributed by atoms with Crippen LogP contribution in [0.15, 0.2) is 42.7 Å². The quantitative estimate of drug-likeness (QED) is 0.838. The van der Waals surface area contributed by atoms with Gasteiger partial charge in [-0.2, -0.15) is 0 Å². The molecule has 92 valence electrons. The highest BCUT2D eigenvalue weighted by atomic mass is 16.4. The van der Waals surface area contributed by atoms with E-state index in [-0.39, 0.29) is 0 Å². The molecule has 0 amide bonds. The van der Waals surface area contributed by atoms with Gasteiger partial charge in [0.25, 0.3) is 0 Å². The Morgan fingerprint density at radius 3 is 2.72 bits per heavy atom. The molecule has 0 aliphatic heterocycles. The van der Waals surface area contributed by atoms with Crippen molar-refractivity contribution in [1.82, 2.24) is 9.55 Å². The zero-order valence-corrected chi connectivity index (χ0v) is 10.1. The van der Waals surface area contributed by atoms with Crippen LogP contribution in [0.25, 0.3) is 11.8 Å². The van der Waals surface area contributed by atoms with E-state index in [1.54, 1.807) is 12.3 Å². The third kappa shape index (κ3) is 2.66. The van der Waals surface area contributed by atoms with Crippen molar-refractivity contribution in [2.24, 2.45) is 0 Å². The summed E-state index contributed by atoms with van der Waals surface area (Å²) in [7, 11) is 0. The number of aryl methyl sites for hydroxylation is 1. The number of benzene rings is 1. The second-order valence-corrected chi connectivity index (χ2v) is 3.83. The summed E-state index contributed by atoms with van der Waals surface area (Å²) >= 11 is 0. The van der Waals surface area contributed by atoms with Gasteiger partial charge < -0.3 is 9.67 Å². The van der Waals surface area contributed by atoms with Crippen molar-refractivity contribution in [3.63, 3.8) is 0 Å². The van der Waals surface area contributed by atoms with Gasteiger partial charge in [-0.1, -0.05) is 19.1 Å². The molecule has 0 unspecified atom stereocenters. The monoisotopic (exact) mass is 242 g/mol. The van der Waals surface area contributed by atoms with Gasteiger partial charge in [0.2, 0.25) is 0 Å². The fourth-order valence-corrected chi connectivity index (χ4v) is 1.74. The van der Waals surface area contributed by atoms with E-state index in [2.05, 4.69) is 11.9 Å². The van der Waals surface area contributed by atoms with Gasteiger partial charge >= 0.3 is 5.97 Å². The molecule has 0 saturated heterocycles. The first-order valence-corrected chi connectivity index (χ1v) is 5.74. The van der Waals surface area contributed by atoms with Gasteiger partial charge in [0.05, 0.1) is 0 Å². The maximum absolute atomic E-state index is 10.4. The lowest BCUT2D eigenvalue weighted by atomic mass is 10.2. The van der Waals surface area contributed by atoms with Crippen molar-refractivity contribution in [3.05, 3.63) is 54.1 Å². The summed E-state index contributed by atoms with van der Waals surface area (Å²) in [5.41, 5.74) is 1.89. The van der Waals surface area contributed by atoms with Gasteiger partial charge in [0.15, 0.2) is 0 Å². The molecule has 0 bridgehead atoms. The zero-order chi connectivity index (χ0) is 13.0. The van der Waals surface area contributed by atoms with Crippen LogP contribution in [0.2, 0.25) is 0 Å². The summed E-state index contributed by atoms with van der Waals surface area (Å²) in [5.74, 6) is 0.0609. The molecule has 1 aromatic carbocycles. The minimum absolute atomic E-state index is 0.860. The number of nitrogens with zero attached hydrogens (tertiary/aromatic N) is 2. The van der Waals surface area contributed by atoms with Gasteiger partial charge in [-0.3, -0.25) is 0 Å². The number of imidazole rings is 1. The van der Waals surface area contributed by atoms with E-state index in [1.165, 1.54) is 0 Å². The summed E-state index contributed by atoms with van der Waals surface area (Å²) in [6.07, 6.45) is 7.26. The maximum atomic E-state index is 10.4. The van der Waals surface area contributed by atoms with Crippen molar-refractivity contribution < 1.29 is 9.90 Å². The summed E-state index contributed by atoms with van der Waals surface area (Å²) < 4.78 is 2.02. The Morgan fingerprint density at radius 2 is 2.11 bits per heavy atom. The molecular weight excluding hydrogens is 228 g/mol. The topological polar surface area (TPSA) is 55.1 Å². The van der Waals surface area contributed by atoms with Crippen LogP contribution in [0.4, 0.5) is 0 Å². The van der Waals surface area contributed by atoms with Crippen LogP contribution in [0, 0.1) is 0 Å². The van der Waals surface area contributed by atoms with Crippen LogP contribution in [0.3, 0.4) is 0 Å². The molecule has 2 rings (SSSR count). The van der Waals surface area contributed by atoms with Gasteiger partial charge in [-0.25, -0.2) is 9.78 Å². The Labute approximate surface area is 105 Å². The molecule has 0 saturated carbocycles. The molecule has 0 atom stereocenters. The molecule has 1 N–H and O–H groups in total. The van der Waals surface area contributed by atoms with E-state index in [0.29, 0.717) is 0 Å². The SMILES string of the molecule is CCc1nccn1-c1ccc(C=CC(=O)O)cc1. The predicted molar refractivity (Wildman–Crippen MR) is 69.6 cm³/mol. The van der Waals surface area contributed by atoms with Crippen LogP contribution in [-0.2, 0) is 11.2 Å². The zero-order valence-electron chi connectivity index (χ0n) is 10.1.